The van der Waals surface area contributed by atoms with E-state index in [1.807, 2.05) is 17.0 Å². The molecule has 138 valence electrons. The Labute approximate surface area is 150 Å². The number of nitrogens with two attached hydrogens (primary N) is 1. The first-order chi connectivity index (χ1) is 12.0. The molecule has 2 unspecified atom stereocenters. The van der Waals surface area contributed by atoms with Crippen LogP contribution in [0.5, 0.6) is 0 Å². The number of hydrogen-bond donors (Lipinski definition) is 1. The maximum Gasteiger partial charge on any atom is 0.239 e. The Kier molecular flexibility index (Phi) is 6.07. The molecule has 2 N–H and O–H groups in total. The normalized spacial score (nSPS) is 24.3. The van der Waals surface area contributed by atoms with Crippen LogP contribution in [0, 0.1) is 11.7 Å². The molecule has 0 aliphatic carbocycles. The second kappa shape index (κ2) is 8.28. The predicted octanol–water partition coefficient (Wildman–Crippen LogP) is 2.77. The number of piperidine rings is 2. The van der Waals surface area contributed by atoms with Gasteiger partial charge in [-0.15, -0.1) is 0 Å². The minimum absolute atomic E-state index is 0.0364. The highest BCUT2D eigenvalue weighted by molar-refractivity contribution is 5.82. The molecule has 0 bridgehead atoms. The van der Waals surface area contributed by atoms with E-state index in [2.05, 4.69) is 11.8 Å². The van der Waals surface area contributed by atoms with Gasteiger partial charge in [-0.1, -0.05) is 18.6 Å². The van der Waals surface area contributed by atoms with Crippen molar-refractivity contribution < 1.29 is 9.18 Å². The van der Waals surface area contributed by atoms with Gasteiger partial charge < -0.3 is 10.6 Å². The van der Waals surface area contributed by atoms with E-state index in [-0.39, 0.29) is 23.8 Å². The van der Waals surface area contributed by atoms with Crippen LogP contribution in [0.25, 0.3) is 0 Å². The van der Waals surface area contributed by atoms with Crippen molar-refractivity contribution in [3.8, 4) is 0 Å². The first-order valence-electron chi connectivity index (χ1n) is 9.57. The summed E-state index contributed by atoms with van der Waals surface area (Å²) in [6, 6.07) is 6.80. The second-order valence-corrected chi connectivity index (χ2v) is 7.63. The molecule has 2 saturated heterocycles. The number of hydrogen-bond acceptors (Lipinski definition) is 3. The minimum Gasteiger partial charge on any atom is -0.341 e. The van der Waals surface area contributed by atoms with Gasteiger partial charge in [0.25, 0.3) is 0 Å². The number of likely N-dealkylation sites (tertiary alicyclic amines) is 2. The van der Waals surface area contributed by atoms with E-state index in [9.17, 15) is 9.18 Å². The smallest absolute Gasteiger partial charge is 0.239 e. The Morgan fingerprint density at radius 3 is 2.48 bits per heavy atom. The number of amides is 1. The van der Waals surface area contributed by atoms with Crippen molar-refractivity contribution in [2.45, 2.75) is 57.7 Å². The van der Waals surface area contributed by atoms with Crippen LogP contribution in [-0.2, 0) is 11.3 Å². The molecule has 1 aromatic rings. The topological polar surface area (TPSA) is 49.6 Å². The van der Waals surface area contributed by atoms with Gasteiger partial charge >= 0.3 is 0 Å². The van der Waals surface area contributed by atoms with Crippen molar-refractivity contribution in [3.05, 3.63) is 35.6 Å². The molecule has 2 aliphatic rings. The Morgan fingerprint density at radius 1 is 1.16 bits per heavy atom. The molecule has 25 heavy (non-hydrogen) atoms. The Hall–Kier alpha value is -1.46. The predicted molar refractivity (Wildman–Crippen MR) is 97.4 cm³/mol. The zero-order valence-electron chi connectivity index (χ0n) is 15.2. The number of nitrogens with zero attached hydrogens (tertiary/aromatic N) is 2. The molecule has 5 heteroatoms. The van der Waals surface area contributed by atoms with E-state index in [1.165, 1.54) is 12.1 Å². The van der Waals surface area contributed by atoms with E-state index in [0.29, 0.717) is 12.5 Å². The van der Waals surface area contributed by atoms with Gasteiger partial charge in [-0.05, 0) is 62.8 Å². The third-order valence-electron chi connectivity index (χ3n) is 5.79. The largest absolute Gasteiger partial charge is 0.341 e. The van der Waals surface area contributed by atoms with Crippen LogP contribution in [0.15, 0.2) is 24.3 Å². The first-order valence-corrected chi connectivity index (χ1v) is 9.57. The highest BCUT2D eigenvalue weighted by atomic mass is 19.1. The van der Waals surface area contributed by atoms with E-state index in [4.69, 9.17) is 5.73 Å². The van der Waals surface area contributed by atoms with Crippen LogP contribution in [-0.4, -0.2) is 47.4 Å². The lowest BCUT2D eigenvalue weighted by molar-refractivity contribution is -0.140. The average molecular weight is 347 g/mol. The lowest BCUT2D eigenvalue weighted by atomic mass is 9.90. The molecule has 4 nitrogen and oxygen atoms in total. The molecule has 0 spiro atoms. The molecule has 0 saturated carbocycles. The van der Waals surface area contributed by atoms with E-state index in [1.54, 1.807) is 0 Å². The van der Waals surface area contributed by atoms with Crippen LogP contribution in [0.1, 0.15) is 44.6 Å². The maximum atomic E-state index is 13.1. The van der Waals surface area contributed by atoms with Crippen molar-refractivity contribution >= 4 is 5.91 Å². The molecule has 2 fully saturated rings. The van der Waals surface area contributed by atoms with Gasteiger partial charge in [-0.3, -0.25) is 9.69 Å². The van der Waals surface area contributed by atoms with Crippen molar-refractivity contribution in [2.75, 3.05) is 19.6 Å². The monoisotopic (exact) mass is 347 g/mol. The van der Waals surface area contributed by atoms with Crippen LogP contribution in [0.2, 0.25) is 0 Å². The lowest BCUT2D eigenvalue weighted by Gasteiger charge is -2.40. The highest BCUT2D eigenvalue weighted by Gasteiger charge is 2.34. The van der Waals surface area contributed by atoms with Crippen LogP contribution >= 0.6 is 0 Å². The van der Waals surface area contributed by atoms with Crippen molar-refractivity contribution in [2.24, 2.45) is 11.7 Å². The summed E-state index contributed by atoms with van der Waals surface area (Å²) in [5, 5.41) is 0. The SMILES string of the molecule is CC(N)C1CCN(C(=O)C2CCCCN2Cc2ccc(F)cc2)CC1. The Balaban J connectivity index is 1.62. The quantitative estimate of drug-likeness (QED) is 0.911. The Bertz CT molecular complexity index is 567. The van der Waals surface area contributed by atoms with E-state index in [0.717, 1.165) is 57.3 Å². The molecule has 2 atom stereocenters. The number of carbonyl (C=O) groups is 1. The fourth-order valence-electron chi connectivity index (χ4n) is 4.14. The van der Waals surface area contributed by atoms with Gasteiger partial charge in [0.15, 0.2) is 0 Å². The van der Waals surface area contributed by atoms with Gasteiger partial charge in [-0.25, -0.2) is 4.39 Å². The molecule has 0 aromatic heterocycles. The summed E-state index contributed by atoms with van der Waals surface area (Å²) in [5.41, 5.74) is 7.08. The summed E-state index contributed by atoms with van der Waals surface area (Å²) < 4.78 is 13.1. The van der Waals surface area contributed by atoms with Crippen molar-refractivity contribution in [3.63, 3.8) is 0 Å². The summed E-state index contributed by atoms with van der Waals surface area (Å²) in [5.74, 6) is 0.586. The van der Waals surface area contributed by atoms with Gasteiger partial charge in [0.2, 0.25) is 5.91 Å². The first kappa shape index (κ1) is 18.3. The number of benzene rings is 1. The number of halogens is 1. The highest BCUT2D eigenvalue weighted by Crippen LogP contribution is 2.25. The summed E-state index contributed by atoms with van der Waals surface area (Å²) in [6.07, 6.45) is 5.17. The fourth-order valence-corrected chi connectivity index (χ4v) is 4.14. The van der Waals surface area contributed by atoms with Gasteiger partial charge in [0, 0.05) is 25.7 Å². The van der Waals surface area contributed by atoms with Crippen LogP contribution < -0.4 is 5.73 Å². The third-order valence-corrected chi connectivity index (χ3v) is 5.79. The standard InChI is InChI=1S/C20H30FN3O/c1-15(22)17-9-12-23(13-10-17)20(25)19-4-2-3-11-24(19)14-16-5-7-18(21)8-6-16/h5-8,15,17,19H,2-4,9-14,22H2,1H3. The van der Waals surface area contributed by atoms with Crippen LogP contribution in [0.3, 0.4) is 0 Å². The van der Waals surface area contributed by atoms with Gasteiger partial charge in [0.05, 0.1) is 6.04 Å². The average Bonchev–Trinajstić information content (AvgIpc) is 2.63. The minimum atomic E-state index is -0.216. The van der Waals surface area contributed by atoms with Crippen molar-refractivity contribution in [1.29, 1.82) is 0 Å². The van der Waals surface area contributed by atoms with Crippen LogP contribution in [0.4, 0.5) is 4.39 Å². The Morgan fingerprint density at radius 2 is 1.84 bits per heavy atom. The molecule has 1 aromatic carbocycles. The second-order valence-electron chi connectivity index (χ2n) is 7.63. The van der Waals surface area contributed by atoms with E-state index >= 15 is 0 Å². The summed E-state index contributed by atoms with van der Waals surface area (Å²) in [7, 11) is 0. The molecule has 0 radical (unpaired) electrons. The van der Waals surface area contributed by atoms with E-state index < -0.39 is 0 Å². The zero-order chi connectivity index (χ0) is 17.8. The fraction of sp³-hybridized carbons (Fsp3) is 0.650. The zero-order valence-corrected chi connectivity index (χ0v) is 15.2. The molecule has 2 aliphatic heterocycles. The number of rotatable bonds is 4. The molecular formula is C20H30FN3O. The third kappa shape index (κ3) is 4.59. The van der Waals surface area contributed by atoms with Gasteiger partial charge in [-0.2, -0.15) is 0 Å². The molecule has 3 rings (SSSR count). The summed E-state index contributed by atoms with van der Waals surface area (Å²) in [6.45, 7) is 5.36. The lowest BCUT2D eigenvalue weighted by Crippen LogP contribution is -2.53. The molecular weight excluding hydrogens is 317 g/mol. The molecule has 1 amide bonds. The van der Waals surface area contributed by atoms with Crippen molar-refractivity contribution in [1.82, 2.24) is 9.80 Å². The summed E-state index contributed by atoms with van der Waals surface area (Å²) in [4.78, 5) is 17.4. The summed E-state index contributed by atoms with van der Waals surface area (Å²) >= 11 is 0. The number of carbonyl (C=O) groups excluding carboxylic acids is 1. The van der Waals surface area contributed by atoms with Gasteiger partial charge in [0.1, 0.15) is 5.82 Å². The molecule has 2 heterocycles. The maximum absolute atomic E-state index is 13.1.